The fourth-order valence-electron chi connectivity index (χ4n) is 0.460. The summed E-state index contributed by atoms with van der Waals surface area (Å²) in [7, 11) is 0. The molecule has 0 bridgehead atoms. The predicted molar refractivity (Wildman–Crippen MR) is 106 cm³/mol. The van der Waals surface area contributed by atoms with Gasteiger partial charge in [0.25, 0.3) is 0 Å². The standard InChI is InChI=1S/C8H10.C6H6.C3H8.4CH4/c1-3-5-7-8-6-4-2;1-3-5-6-4-2;1-3-2;;;;/h3,8H2,1-2H3;1H,5H2,2H3;3H2,1-2H3;4*1H4. The van der Waals surface area contributed by atoms with E-state index in [1.54, 1.807) is 6.92 Å². The van der Waals surface area contributed by atoms with Gasteiger partial charge in [0, 0.05) is 6.42 Å². The average molecular weight is 293 g/mol. The third-order valence-electron chi connectivity index (χ3n) is 1.02. The molecule has 0 aromatic heterocycles. The lowest BCUT2D eigenvalue weighted by molar-refractivity contribution is 1.09. The first-order chi connectivity index (χ1) is 8.24. The zero-order valence-electron chi connectivity index (χ0n) is 11.9. The SMILES string of the molecule is C.C.C.C.C#CCC#CC.CC#CCC#CCC.CCC. The average Bonchev–Trinajstić information content (AvgIpc) is 2.34. The molecule has 0 nitrogen and oxygen atoms in total. The minimum atomic E-state index is 0. The fraction of sp³-hybridized carbons (Fsp3) is 0.619. The zero-order valence-corrected chi connectivity index (χ0v) is 11.9. The van der Waals surface area contributed by atoms with Crippen LogP contribution in [-0.4, -0.2) is 0 Å². The van der Waals surface area contributed by atoms with Gasteiger partial charge >= 0.3 is 0 Å². The lowest BCUT2D eigenvalue weighted by Crippen LogP contribution is -1.57. The van der Waals surface area contributed by atoms with E-state index in [2.05, 4.69) is 55.3 Å². The van der Waals surface area contributed by atoms with Gasteiger partial charge in [-0.1, -0.05) is 80.6 Å². The zero-order chi connectivity index (χ0) is 13.8. The third-order valence-corrected chi connectivity index (χ3v) is 1.02. The van der Waals surface area contributed by atoms with Crippen LogP contribution in [0, 0.1) is 47.9 Å². The number of hydrogen-bond acceptors (Lipinski definition) is 0. The molecule has 0 aliphatic heterocycles. The van der Waals surface area contributed by atoms with Crippen LogP contribution in [0.2, 0.25) is 0 Å². The quantitative estimate of drug-likeness (QED) is 0.430. The van der Waals surface area contributed by atoms with Crippen molar-refractivity contribution < 1.29 is 0 Å². The van der Waals surface area contributed by atoms with Gasteiger partial charge in [-0.15, -0.1) is 24.2 Å². The highest BCUT2D eigenvalue weighted by Gasteiger charge is 1.61. The molecule has 0 saturated heterocycles. The van der Waals surface area contributed by atoms with Crippen molar-refractivity contribution in [3.05, 3.63) is 0 Å². The van der Waals surface area contributed by atoms with Gasteiger partial charge < -0.3 is 0 Å². The molecule has 0 unspecified atom stereocenters. The Morgan fingerprint density at radius 2 is 1.05 bits per heavy atom. The van der Waals surface area contributed by atoms with Crippen LogP contribution in [0.5, 0.6) is 0 Å². The van der Waals surface area contributed by atoms with Crippen LogP contribution in [0.15, 0.2) is 0 Å². The van der Waals surface area contributed by atoms with Crippen molar-refractivity contribution in [1.82, 2.24) is 0 Å². The van der Waals surface area contributed by atoms with Crippen molar-refractivity contribution in [1.29, 1.82) is 0 Å². The molecule has 0 rings (SSSR count). The third kappa shape index (κ3) is 124. The largest absolute Gasteiger partial charge is 0.119 e. The molecule has 0 heterocycles. The highest BCUT2D eigenvalue weighted by molar-refractivity contribution is 5.09. The van der Waals surface area contributed by atoms with E-state index >= 15 is 0 Å². The highest BCUT2D eigenvalue weighted by Crippen LogP contribution is 1.71. The first kappa shape index (κ1) is 42.7. The summed E-state index contributed by atoms with van der Waals surface area (Å²) in [4.78, 5) is 0. The van der Waals surface area contributed by atoms with Crippen LogP contribution in [-0.2, 0) is 0 Å². The molecule has 0 spiro atoms. The minimum absolute atomic E-state index is 0. The van der Waals surface area contributed by atoms with Crippen LogP contribution in [0.1, 0.15) is 90.0 Å². The Bertz CT molecular complexity index is 333. The fourth-order valence-corrected chi connectivity index (χ4v) is 0.460. The Morgan fingerprint density at radius 1 is 0.667 bits per heavy atom. The molecule has 0 N–H and O–H groups in total. The Labute approximate surface area is 138 Å². The molecular formula is C21H40. The second kappa shape index (κ2) is 63.5. The summed E-state index contributed by atoms with van der Waals surface area (Å²) in [5.74, 6) is 19.3. The molecule has 0 atom stereocenters. The summed E-state index contributed by atoms with van der Waals surface area (Å²) >= 11 is 0. The van der Waals surface area contributed by atoms with Gasteiger partial charge in [0.2, 0.25) is 0 Å². The maximum atomic E-state index is 4.86. The monoisotopic (exact) mass is 292 g/mol. The lowest BCUT2D eigenvalue weighted by Gasteiger charge is -1.68. The smallest absolute Gasteiger partial charge is 0.0702 e. The van der Waals surface area contributed by atoms with Gasteiger partial charge in [0.15, 0.2) is 0 Å². The molecule has 0 fully saturated rings. The van der Waals surface area contributed by atoms with E-state index in [1.165, 1.54) is 6.42 Å². The molecule has 0 aliphatic rings. The first-order valence-corrected chi connectivity index (χ1v) is 5.93. The van der Waals surface area contributed by atoms with Crippen molar-refractivity contribution in [3.63, 3.8) is 0 Å². The van der Waals surface area contributed by atoms with Gasteiger partial charge in [-0.05, 0) is 13.8 Å². The number of rotatable bonds is 0. The Morgan fingerprint density at radius 3 is 1.29 bits per heavy atom. The van der Waals surface area contributed by atoms with E-state index < -0.39 is 0 Å². The van der Waals surface area contributed by atoms with Crippen molar-refractivity contribution in [3.8, 4) is 47.9 Å². The van der Waals surface area contributed by atoms with E-state index in [0.29, 0.717) is 6.42 Å². The minimum Gasteiger partial charge on any atom is -0.119 e. The first-order valence-electron chi connectivity index (χ1n) is 5.93. The Hall–Kier alpha value is -1.76. The second-order valence-corrected chi connectivity index (χ2v) is 2.83. The summed E-state index contributed by atoms with van der Waals surface area (Å²) in [6.07, 6.45) is 8.35. The summed E-state index contributed by atoms with van der Waals surface area (Å²) in [6.45, 7) is 9.89. The van der Waals surface area contributed by atoms with Crippen molar-refractivity contribution >= 4 is 0 Å². The van der Waals surface area contributed by atoms with Crippen LogP contribution in [0.4, 0.5) is 0 Å². The number of terminal acetylenes is 1. The van der Waals surface area contributed by atoms with Gasteiger partial charge in [-0.25, -0.2) is 0 Å². The van der Waals surface area contributed by atoms with Crippen LogP contribution >= 0.6 is 0 Å². The van der Waals surface area contributed by atoms with Gasteiger partial charge in [0.1, 0.15) is 0 Å². The summed E-state index contributed by atoms with van der Waals surface area (Å²) in [5.41, 5.74) is 0. The molecule has 0 heteroatoms. The van der Waals surface area contributed by atoms with Crippen LogP contribution < -0.4 is 0 Å². The van der Waals surface area contributed by atoms with E-state index in [0.717, 1.165) is 12.8 Å². The summed E-state index contributed by atoms with van der Waals surface area (Å²) in [5, 5.41) is 0. The van der Waals surface area contributed by atoms with E-state index in [-0.39, 0.29) is 29.7 Å². The van der Waals surface area contributed by atoms with Crippen molar-refractivity contribution in [2.24, 2.45) is 0 Å². The van der Waals surface area contributed by atoms with Gasteiger partial charge in [-0.2, -0.15) is 0 Å². The molecule has 0 radical (unpaired) electrons. The molecule has 21 heavy (non-hydrogen) atoms. The van der Waals surface area contributed by atoms with E-state index in [9.17, 15) is 0 Å². The maximum Gasteiger partial charge on any atom is 0.0702 e. The number of hydrogen-bond donors (Lipinski definition) is 0. The normalized spacial score (nSPS) is 4.38. The molecule has 0 amide bonds. The van der Waals surface area contributed by atoms with E-state index in [4.69, 9.17) is 6.42 Å². The van der Waals surface area contributed by atoms with E-state index in [1.807, 2.05) is 13.8 Å². The Balaban J connectivity index is -0.0000000275. The molecule has 0 aromatic rings. The van der Waals surface area contributed by atoms with Gasteiger partial charge in [0.05, 0.1) is 12.8 Å². The lowest BCUT2D eigenvalue weighted by atomic mass is 10.4. The van der Waals surface area contributed by atoms with Crippen molar-refractivity contribution in [2.75, 3.05) is 0 Å². The highest BCUT2D eigenvalue weighted by atomic mass is 13.7. The maximum absolute atomic E-state index is 4.86. The molecular weight excluding hydrogens is 252 g/mol. The van der Waals surface area contributed by atoms with Crippen LogP contribution in [0.25, 0.3) is 0 Å². The van der Waals surface area contributed by atoms with Crippen molar-refractivity contribution in [2.45, 2.75) is 90.0 Å². The summed E-state index contributed by atoms with van der Waals surface area (Å²) < 4.78 is 0. The molecule has 124 valence electrons. The molecule has 0 saturated carbocycles. The topological polar surface area (TPSA) is 0 Å². The Kier molecular flexibility index (Phi) is 129. The molecule has 0 aromatic carbocycles. The summed E-state index contributed by atoms with van der Waals surface area (Å²) in [6, 6.07) is 0. The molecule has 0 aliphatic carbocycles. The van der Waals surface area contributed by atoms with Gasteiger partial charge in [-0.3, -0.25) is 0 Å². The van der Waals surface area contributed by atoms with Crippen LogP contribution in [0.3, 0.4) is 0 Å². The second-order valence-electron chi connectivity index (χ2n) is 2.83. The predicted octanol–water partition coefficient (Wildman–Crippen LogP) is 6.81.